The van der Waals surface area contributed by atoms with Gasteiger partial charge in [-0.2, -0.15) is 0 Å². The van der Waals surface area contributed by atoms with Crippen molar-refractivity contribution in [3.05, 3.63) is 18.7 Å². The number of aromatic nitrogens is 2. The number of likely N-dealkylation sites (tertiary alicyclic amines) is 1. The summed E-state index contributed by atoms with van der Waals surface area (Å²) in [6, 6.07) is 0. The van der Waals surface area contributed by atoms with E-state index in [0.717, 1.165) is 25.6 Å². The summed E-state index contributed by atoms with van der Waals surface area (Å²) in [7, 11) is 2.05. The summed E-state index contributed by atoms with van der Waals surface area (Å²) in [4.78, 5) is 6.64. The average Bonchev–Trinajstić information content (AvgIpc) is 2.80. The molecule has 90 valence electrons. The molecule has 1 aromatic rings. The van der Waals surface area contributed by atoms with Gasteiger partial charge in [-0.25, -0.2) is 4.98 Å². The van der Waals surface area contributed by atoms with Crippen molar-refractivity contribution >= 4 is 0 Å². The molecule has 0 saturated carbocycles. The fraction of sp³-hybridized carbons (Fsp3) is 0.750. The molecule has 4 heteroatoms. The van der Waals surface area contributed by atoms with Crippen molar-refractivity contribution in [3.8, 4) is 0 Å². The Bertz CT molecular complexity index is 281. The van der Waals surface area contributed by atoms with Gasteiger partial charge in [-0.3, -0.25) is 0 Å². The van der Waals surface area contributed by atoms with Crippen LogP contribution in [0.1, 0.15) is 12.8 Å². The second-order valence-corrected chi connectivity index (χ2v) is 4.67. The first-order chi connectivity index (χ1) is 7.88. The lowest BCUT2D eigenvalue weighted by Crippen LogP contribution is -2.40. The molecule has 1 fully saturated rings. The molecule has 0 bridgehead atoms. The molecule has 0 aliphatic carbocycles. The van der Waals surface area contributed by atoms with E-state index >= 15 is 0 Å². The number of piperidine rings is 1. The van der Waals surface area contributed by atoms with Crippen molar-refractivity contribution in [2.24, 2.45) is 5.92 Å². The van der Waals surface area contributed by atoms with Gasteiger partial charge in [0.1, 0.15) is 0 Å². The molecule has 0 aromatic carbocycles. The largest absolute Gasteiger partial charge is 0.336 e. The van der Waals surface area contributed by atoms with Crippen LogP contribution in [0.15, 0.2) is 18.7 Å². The highest BCUT2D eigenvalue weighted by atomic mass is 15.2. The third-order valence-corrected chi connectivity index (χ3v) is 3.33. The van der Waals surface area contributed by atoms with Crippen LogP contribution in [-0.2, 0) is 6.54 Å². The van der Waals surface area contributed by atoms with Crippen LogP contribution in [0.5, 0.6) is 0 Å². The molecule has 4 nitrogen and oxygen atoms in total. The van der Waals surface area contributed by atoms with E-state index in [0.29, 0.717) is 0 Å². The standard InChI is InChI=1S/C12H22N4/c1-13-9-12-3-2-5-15(10-12)7-8-16-6-4-14-11-16/h4,6,11-13H,2-3,5,7-10H2,1H3. The Kier molecular flexibility index (Phi) is 4.36. The number of nitrogens with one attached hydrogen (secondary N) is 1. The van der Waals surface area contributed by atoms with Crippen LogP contribution in [0.25, 0.3) is 0 Å². The fourth-order valence-corrected chi connectivity index (χ4v) is 2.49. The van der Waals surface area contributed by atoms with E-state index in [1.54, 1.807) is 0 Å². The van der Waals surface area contributed by atoms with Gasteiger partial charge in [0.15, 0.2) is 0 Å². The normalized spacial score (nSPS) is 22.4. The van der Waals surface area contributed by atoms with E-state index in [9.17, 15) is 0 Å². The monoisotopic (exact) mass is 222 g/mol. The molecular weight excluding hydrogens is 200 g/mol. The van der Waals surface area contributed by atoms with Crippen molar-refractivity contribution in [2.45, 2.75) is 19.4 Å². The van der Waals surface area contributed by atoms with Gasteiger partial charge >= 0.3 is 0 Å². The lowest BCUT2D eigenvalue weighted by molar-refractivity contribution is 0.168. The molecule has 1 N–H and O–H groups in total. The van der Waals surface area contributed by atoms with E-state index in [-0.39, 0.29) is 0 Å². The van der Waals surface area contributed by atoms with Crippen LogP contribution in [0.2, 0.25) is 0 Å². The fourth-order valence-electron chi connectivity index (χ4n) is 2.49. The average molecular weight is 222 g/mol. The zero-order chi connectivity index (χ0) is 11.2. The van der Waals surface area contributed by atoms with Crippen LogP contribution in [-0.4, -0.2) is 47.7 Å². The van der Waals surface area contributed by atoms with Gasteiger partial charge in [-0.1, -0.05) is 0 Å². The van der Waals surface area contributed by atoms with Crippen LogP contribution < -0.4 is 5.32 Å². The summed E-state index contributed by atoms with van der Waals surface area (Å²) in [5, 5.41) is 3.29. The first-order valence-corrected chi connectivity index (χ1v) is 6.21. The highest BCUT2D eigenvalue weighted by Crippen LogP contribution is 2.15. The van der Waals surface area contributed by atoms with Crippen molar-refractivity contribution in [3.63, 3.8) is 0 Å². The van der Waals surface area contributed by atoms with Gasteiger partial charge < -0.3 is 14.8 Å². The van der Waals surface area contributed by atoms with E-state index < -0.39 is 0 Å². The Balaban J connectivity index is 1.72. The molecule has 1 unspecified atom stereocenters. The summed E-state index contributed by atoms with van der Waals surface area (Å²) >= 11 is 0. The molecule has 1 aliphatic heterocycles. The van der Waals surface area contributed by atoms with E-state index in [2.05, 4.69) is 19.8 Å². The summed E-state index contributed by atoms with van der Waals surface area (Å²) < 4.78 is 2.15. The van der Waals surface area contributed by atoms with Crippen molar-refractivity contribution < 1.29 is 0 Å². The van der Waals surface area contributed by atoms with Crippen LogP contribution in [0, 0.1) is 5.92 Å². The molecule has 2 rings (SSSR count). The summed E-state index contributed by atoms with van der Waals surface area (Å²) in [6.45, 7) is 5.87. The number of imidazole rings is 1. The van der Waals surface area contributed by atoms with Crippen LogP contribution >= 0.6 is 0 Å². The minimum Gasteiger partial charge on any atom is -0.336 e. The maximum absolute atomic E-state index is 4.06. The second-order valence-electron chi connectivity index (χ2n) is 4.67. The van der Waals surface area contributed by atoms with Gasteiger partial charge in [0.2, 0.25) is 0 Å². The van der Waals surface area contributed by atoms with Gasteiger partial charge in [0.05, 0.1) is 6.33 Å². The second kappa shape index (κ2) is 6.01. The lowest BCUT2D eigenvalue weighted by atomic mass is 9.98. The quantitative estimate of drug-likeness (QED) is 0.800. The molecule has 1 atom stereocenters. The van der Waals surface area contributed by atoms with E-state index in [1.807, 2.05) is 25.8 Å². The van der Waals surface area contributed by atoms with Gasteiger partial charge in [0, 0.05) is 32.0 Å². The molecule has 0 amide bonds. The number of rotatable bonds is 5. The zero-order valence-electron chi connectivity index (χ0n) is 10.1. The number of nitrogens with zero attached hydrogens (tertiary/aromatic N) is 3. The highest BCUT2D eigenvalue weighted by molar-refractivity contribution is 4.77. The summed E-state index contributed by atoms with van der Waals surface area (Å²) in [5.74, 6) is 0.835. The third kappa shape index (κ3) is 3.32. The predicted octanol–water partition coefficient (Wildman–Crippen LogP) is 0.814. The maximum atomic E-state index is 4.06. The molecule has 1 aromatic heterocycles. The molecule has 16 heavy (non-hydrogen) atoms. The van der Waals surface area contributed by atoms with Crippen molar-refractivity contribution in [2.75, 3.05) is 33.2 Å². The molecular formula is C12H22N4. The van der Waals surface area contributed by atoms with Crippen molar-refractivity contribution in [1.82, 2.24) is 19.8 Å². The summed E-state index contributed by atoms with van der Waals surface area (Å²) in [5.41, 5.74) is 0. The number of hydrogen-bond acceptors (Lipinski definition) is 3. The van der Waals surface area contributed by atoms with Crippen molar-refractivity contribution in [1.29, 1.82) is 0 Å². The Morgan fingerprint density at radius 2 is 2.38 bits per heavy atom. The molecule has 0 radical (unpaired) electrons. The minimum absolute atomic E-state index is 0.835. The van der Waals surface area contributed by atoms with Crippen LogP contribution in [0.3, 0.4) is 0 Å². The first-order valence-electron chi connectivity index (χ1n) is 6.21. The molecule has 1 aliphatic rings. The lowest BCUT2D eigenvalue weighted by Gasteiger charge is -2.32. The maximum Gasteiger partial charge on any atom is 0.0946 e. The van der Waals surface area contributed by atoms with Crippen LogP contribution in [0.4, 0.5) is 0 Å². The smallest absolute Gasteiger partial charge is 0.0946 e. The molecule has 1 saturated heterocycles. The predicted molar refractivity (Wildman–Crippen MR) is 65.3 cm³/mol. The van der Waals surface area contributed by atoms with Gasteiger partial charge in [0.25, 0.3) is 0 Å². The van der Waals surface area contributed by atoms with E-state index in [1.165, 1.54) is 25.9 Å². The third-order valence-electron chi connectivity index (χ3n) is 3.33. The topological polar surface area (TPSA) is 33.1 Å². The van der Waals surface area contributed by atoms with E-state index in [4.69, 9.17) is 0 Å². The summed E-state index contributed by atoms with van der Waals surface area (Å²) in [6.07, 6.45) is 8.50. The van der Waals surface area contributed by atoms with Gasteiger partial charge in [-0.05, 0) is 38.9 Å². The Morgan fingerprint density at radius 3 is 3.12 bits per heavy atom. The Morgan fingerprint density at radius 1 is 1.44 bits per heavy atom. The minimum atomic E-state index is 0.835. The first kappa shape index (κ1) is 11.6. The SMILES string of the molecule is CNCC1CCCN(CCn2ccnc2)C1. The number of hydrogen-bond donors (Lipinski definition) is 1. The molecule has 2 heterocycles. The Hall–Kier alpha value is -0.870. The zero-order valence-corrected chi connectivity index (χ0v) is 10.1. The van der Waals surface area contributed by atoms with Gasteiger partial charge in [-0.15, -0.1) is 0 Å². The highest BCUT2D eigenvalue weighted by Gasteiger charge is 2.18. The Labute approximate surface area is 97.7 Å². The molecule has 0 spiro atoms.